The maximum atomic E-state index is 12.8. The molecule has 0 atom stereocenters. The molecule has 1 N–H and O–H groups in total. The van der Waals surface area contributed by atoms with Crippen LogP contribution in [-0.4, -0.2) is 24.9 Å². The van der Waals surface area contributed by atoms with E-state index in [1.165, 1.54) is 0 Å². The Morgan fingerprint density at radius 1 is 1.08 bits per heavy atom. The molecule has 130 valence electrons. The molecule has 0 fully saturated rings. The molecule has 0 bridgehead atoms. The van der Waals surface area contributed by atoms with Crippen molar-refractivity contribution in [3.05, 3.63) is 65.2 Å². The molecule has 0 radical (unpaired) electrons. The van der Waals surface area contributed by atoms with Crippen molar-refractivity contribution in [3.63, 3.8) is 0 Å². The highest BCUT2D eigenvalue weighted by Gasteiger charge is 2.24. The van der Waals surface area contributed by atoms with Crippen LogP contribution in [0.25, 0.3) is 0 Å². The summed E-state index contributed by atoms with van der Waals surface area (Å²) in [5.74, 6) is 0.377. The van der Waals surface area contributed by atoms with Gasteiger partial charge >= 0.3 is 0 Å². The molecule has 1 aliphatic rings. The largest absolute Gasteiger partial charge is 0.352 e. The fourth-order valence-electron chi connectivity index (χ4n) is 3.08. The van der Waals surface area contributed by atoms with Gasteiger partial charge in [-0.1, -0.05) is 32.0 Å². The fourth-order valence-corrected chi connectivity index (χ4v) is 3.08. The summed E-state index contributed by atoms with van der Waals surface area (Å²) in [7, 11) is 0. The summed E-state index contributed by atoms with van der Waals surface area (Å²) < 4.78 is 0. The second kappa shape index (κ2) is 7.51. The smallest absolute Gasteiger partial charge is 0.258 e. The van der Waals surface area contributed by atoms with E-state index in [9.17, 15) is 9.59 Å². The van der Waals surface area contributed by atoms with Crippen molar-refractivity contribution >= 4 is 17.5 Å². The number of carbonyl (C=O) groups is 2. The van der Waals surface area contributed by atoms with Crippen LogP contribution in [0, 0.1) is 5.92 Å². The molecule has 3 rings (SSSR count). The standard InChI is InChI=1S/C21H24N2O2/c1-15(2)14-22-20(24)18-10-11-19-17(13-18)9-6-12-23(19)21(25)16-7-4-3-5-8-16/h3-5,7-8,10-11,13,15H,6,9,12,14H2,1-2H3,(H,22,24). The predicted molar refractivity (Wildman–Crippen MR) is 100 cm³/mol. The number of carbonyl (C=O) groups excluding carboxylic acids is 2. The first kappa shape index (κ1) is 17.2. The van der Waals surface area contributed by atoms with Crippen molar-refractivity contribution < 1.29 is 9.59 Å². The van der Waals surface area contributed by atoms with E-state index in [2.05, 4.69) is 19.2 Å². The third-order valence-corrected chi connectivity index (χ3v) is 4.40. The minimum absolute atomic E-state index is 0.0126. The van der Waals surface area contributed by atoms with Crippen molar-refractivity contribution in [1.82, 2.24) is 5.32 Å². The molecule has 2 aromatic rings. The summed E-state index contributed by atoms with van der Waals surface area (Å²) in [6.07, 6.45) is 1.79. The minimum Gasteiger partial charge on any atom is -0.352 e. The number of rotatable bonds is 4. The van der Waals surface area contributed by atoms with Crippen LogP contribution in [0.15, 0.2) is 48.5 Å². The fraction of sp³-hybridized carbons (Fsp3) is 0.333. The van der Waals surface area contributed by atoms with Gasteiger partial charge in [0.2, 0.25) is 0 Å². The molecule has 4 heteroatoms. The van der Waals surface area contributed by atoms with Gasteiger partial charge in [-0.05, 0) is 54.7 Å². The highest BCUT2D eigenvalue weighted by molar-refractivity contribution is 6.07. The highest BCUT2D eigenvalue weighted by Crippen LogP contribution is 2.29. The van der Waals surface area contributed by atoms with Gasteiger partial charge in [0.25, 0.3) is 11.8 Å². The van der Waals surface area contributed by atoms with E-state index < -0.39 is 0 Å². The third-order valence-electron chi connectivity index (χ3n) is 4.40. The number of amides is 2. The monoisotopic (exact) mass is 336 g/mol. The normalized spacial score (nSPS) is 13.5. The maximum absolute atomic E-state index is 12.8. The molecule has 4 nitrogen and oxygen atoms in total. The van der Waals surface area contributed by atoms with Crippen LogP contribution in [0.2, 0.25) is 0 Å². The molecular weight excluding hydrogens is 312 g/mol. The van der Waals surface area contributed by atoms with E-state index in [4.69, 9.17) is 0 Å². The third kappa shape index (κ3) is 3.90. The van der Waals surface area contributed by atoms with Gasteiger partial charge in [0.05, 0.1) is 0 Å². The Balaban J connectivity index is 1.83. The lowest BCUT2D eigenvalue weighted by atomic mass is 9.98. The van der Waals surface area contributed by atoms with Gasteiger partial charge in [0.1, 0.15) is 0 Å². The van der Waals surface area contributed by atoms with Crippen molar-refractivity contribution in [1.29, 1.82) is 0 Å². The van der Waals surface area contributed by atoms with E-state index in [0.29, 0.717) is 30.1 Å². The Labute approximate surface area is 148 Å². The second-order valence-electron chi connectivity index (χ2n) is 6.87. The van der Waals surface area contributed by atoms with Crippen LogP contribution in [-0.2, 0) is 6.42 Å². The van der Waals surface area contributed by atoms with Gasteiger partial charge in [0, 0.05) is 29.9 Å². The van der Waals surface area contributed by atoms with Crippen LogP contribution in [0.1, 0.15) is 46.5 Å². The summed E-state index contributed by atoms with van der Waals surface area (Å²) in [5, 5.41) is 2.95. The lowest BCUT2D eigenvalue weighted by molar-refractivity contribution is 0.0948. The zero-order valence-electron chi connectivity index (χ0n) is 14.8. The Morgan fingerprint density at radius 2 is 1.84 bits per heavy atom. The van der Waals surface area contributed by atoms with Gasteiger partial charge in [-0.25, -0.2) is 0 Å². The first-order valence-corrected chi connectivity index (χ1v) is 8.84. The van der Waals surface area contributed by atoms with Crippen LogP contribution in [0.5, 0.6) is 0 Å². The number of anilines is 1. The van der Waals surface area contributed by atoms with Crippen LogP contribution in [0.3, 0.4) is 0 Å². The second-order valence-corrected chi connectivity index (χ2v) is 6.87. The maximum Gasteiger partial charge on any atom is 0.258 e. The summed E-state index contributed by atoms with van der Waals surface area (Å²) in [5.41, 5.74) is 3.33. The first-order chi connectivity index (χ1) is 12.1. The predicted octanol–water partition coefficient (Wildman–Crippen LogP) is 3.67. The SMILES string of the molecule is CC(C)CNC(=O)c1ccc2c(c1)CCCN2C(=O)c1ccccc1. The minimum atomic E-state index is -0.0528. The van der Waals surface area contributed by atoms with Crippen LogP contribution >= 0.6 is 0 Å². The Morgan fingerprint density at radius 3 is 2.56 bits per heavy atom. The number of hydrogen-bond acceptors (Lipinski definition) is 2. The van der Waals surface area contributed by atoms with Gasteiger partial charge in [-0.2, -0.15) is 0 Å². The van der Waals surface area contributed by atoms with Gasteiger partial charge in [-0.15, -0.1) is 0 Å². The Kier molecular flexibility index (Phi) is 5.17. The quantitative estimate of drug-likeness (QED) is 0.926. The number of nitrogens with one attached hydrogen (secondary N) is 1. The van der Waals surface area contributed by atoms with E-state index in [1.54, 1.807) is 0 Å². The molecule has 0 aliphatic carbocycles. The molecular formula is C21H24N2O2. The number of benzene rings is 2. The van der Waals surface area contributed by atoms with Crippen molar-refractivity contribution in [3.8, 4) is 0 Å². The molecule has 1 heterocycles. The van der Waals surface area contributed by atoms with E-state index >= 15 is 0 Å². The number of hydrogen-bond donors (Lipinski definition) is 1. The molecule has 0 saturated carbocycles. The highest BCUT2D eigenvalue weighted by atomic mass is 16.2. The summed E-state index contributed by atoms with van der Waals surface area (Å²) in [4.78, 5) is 26.9. The number of nitrogens with zero attached hydrogens (tertiary/aromatic N) is 1. The van der Waals surface area contributed by atoms with Gasteiger partial charge in [-0.3, -0.25) is 9.59 Å². The Hall–Kier alpha value is -2.62. The van der Waals surface area contributed by atoms with Crippen LogP contribution in [0.4, 0.5) is 5.69 Å². The molecule has 0 spiro atoms. The van der Waals surface area contributed by atoms with Gasteiger partial charge in [0.15, 0.2) is 0 Å². The van der Waals surface area contributed by atoms with E-state index in [1.807, 2.05) is 53.4 Å². The molecule has 0 aromatic heterocycles. The average Bonchev–Trinajstić information content (AvgIpc) is 2.65. The molecule has 1 aliphatic heterocycles. The van der Waals surface area contributed by atoms with E-state index in [0.717, 1.165) is 24.1 Å². The molecule has 0 saturated heterocycles. The van der Waals surface area contributed by atoms with Crippen molar-refractivity contribution in [2.45, 2.75) is 26.7 Å². The average molecular weight is 336 g/mol. The number of aryl methyl sites for hydroxylation is 1. The zero-order valence-corrected chi connectivity index (χ0v) is 14.8. The lowest BCUT2D eigenvalue weighted by Crippen LogP contribution is -2.35. The number of fused-ring (bicyclic) bond motifs is 1. The molecule has 2 aromatic carbocycles. The van der Waals surface area contributed by atoms with E-state index in [-0.39, 0.29) is 11.8 Å². The summed E-state index contributed by atoms with van der Waals surface area (Å²) in [6.45, 7) is 5.51. The van der Waals surface area contributed by atoms with Crippen LogP contribution < -0.4 is 10.2 Å². The summed E-state index contributed by atoms with van der Waals surface area (Å²) in [6, 6.07) is 15.0. The van der Waals surface area contributed by atoms with Gasteiger partial charge < -0.3 is 10.2 Å². The molecule has 2 amide bonds. The zero-order chi connectivity index (χ0) is 17.8. The summed E-state index contributed by atoms with van der Waals surface area (Å²) >= 11 is 0. The molecule has 0 unspecified atom stereocenters. The molecule has 25 heavy (non-hydrogen) atoms. The Bertz CT molecular complexity index is 769. The lowest BCUT2D eigenvalue weighted by Gasteiger charge is -2.30. The first-order valence-electron chi connectivity index (χ1n) is 8.84. The topological polar surface area (TPSA) is 49.4 Å². The van der Waals surface area contributed by atoms with Crippen molar-refractivity contribution in [2.75, 3.05) is 18.0 Å². The van der Waals surface area contributed by atoms with Crippen molar-refractivity contribution in [2.24, 2.45) is 5.92 Å².